The molecule has 9 N–H and O–H groups in total. The zero-order chi connectivity index (χ0) is 34.5. The van der Waals surface area contributed by atoms with Crippen LogP contribution in [-0.4, -0.2) is 87.6 Å². The molecule has 18 nitrogen and oxygen atoms in total. The maximum atomic E-state index is 13.2. The number of aromatic hydroxyl groups is 1. The summed E-state index contributed by atoms with van der Waals surface area (Å²) in [5, 5.41) is 38.9. The summed E-state index contributed by atoms with van der Waals surface area (Å²) in [5.74, 6) is -4.12. The molecule has 0 saturated carbocycles. The number of thiazole rings is 1. The number of oxime groups is 1. The topological polar surface area (TPSA) is 271 Å². The summed E-state index contributed by atoms with van der Waals surface area (Å²) in [4.78, 5) is 71.7. The number of nitrogen functional groups attached to an aromatic ring is 1. The Morgan fingerprint density at radius 1 is 1.23 bits per heavy atom. The number of nitrogens with one attached hydrogen (secondary N) is 3. The lowest BCUT2D eigenvalue weighted by molar-refractivity contribution is -0.161. The molecule has 3 amide bonds. The van der Waals surface area contributed by atoms with Crippen molar-refractivity contribution in [1.82, 2.24) is 29.4 Å². The van der Waals surface area contributed by atoms with E-state index in [1.807, 2.05) is 0 Å². The predicted octanol–water partition coefficient (Wildman–Crippen LogP) is 0.458. The number of benzene rings is 1. The van der Waals surface area contributed by atoms with Gasteiger partial charge in [-0.1, -0.05) is 11.2 Å². The van der Waals surface area contributed by atoms with Crippen LogP contribution in [0, 0.1) is 0 Å². The van der Waals surface area contributed by atoms with E-state index < -0.39 is 58.3 Å². The Labute approximate surface area is 278 Å². The Hall–Kier alpha value is -4.83. The second-order valence-corrected chi connectivity index (χ2v) is 12.6. The van der Waals surface area contributed by atoms with E-state index in [2.05, 4.69) is 25.5 Å². The number of rotatable bonds is 14. The molecule has 4 rings (SSSR count). The van der Waals surface area contributed by atoms with Crippen molar-refractivity contribution in [3.8, 4) is 5.75 Å². The normalized spacial score (nSPS) is 16.4. The highest BCUT2D eigenvalue weighted by atomic mass is 32.2. The fourth-order valence-corrected chi connectivity index (χ4v) is 5.64. The minimum atomic E-state index is -1.81. The van der Waals surface area contributed by atoms with E-state index in [1.54, 1.807) is 18.2 Å². The molecule has 1 aliphatic heterocycles. The molecule has 0 spiro atoms. The van der Waals surface area contributed by atoms with Crippen molar-refractivity contribution in [2.45, 2.75) is 43.0 Å². The van der Waals surface area contributed by atoms with Gasteiger partial charge in [0.15, 0.2) is 16.6 Å². The summed E-state index contributed by atoms with van der Waals surface area (Å²) in [7, 11) is 0. The fourth-order valence-electron chi connectivity index (χ4n) is 3.87. The van der Waals surface area contributed by atoms with Gasteiger partial charge in [-0.25, -0.2) is 9.78 Å². The summed E-state index contributed by atoms with van der Waals surface area (Å²) in [5.41, 5.74) is 3.15. The first-order valence-electron chi connectivity index (χ1n) is 13.3. The Morgan fingerprint density at radius 2 is 1.98 bits per heavy atom. The predicted molar refractivity (Wildman–Crippen MR) is 170 cm³/mol. The van der Waals surface area contributed by atoms with Crippen LogP contribution in [0.2, 0.25) is 0 Å². The molecule has 1 saturated heterocycles. The third kappa shape index (κ3) is 8.31. The molecule has 21 heteroatoms. The van der Waals surface area contributed by atoms with Crippen molar-refractivity contribution in [2.75, 3.05) is 12.3 Å². The summed E-state index contributed by atoms with van der Waals surface area (Å²) in [6.07, 6.45) is 0.873. The minimum Gasteiger partial charge on any atom is -0.503 e. The van der Waals surface area contributed by atoms with Crippen LogP contribution in [0.5, 0.6) is 5.75 Å². The Bertz CT molecular complexity index is 1780. The standard InChI is InChI=1S/C26H28N8O10S3/c1-26(2,24(40)41)44-32-19(15-11-45-25(27)30-15)22(38)31-20-16(34(47-43)23(20)39)9-28-21(37)12-4-3-5-14(6-12)46-29-8-13-7-17(35)18(36)10-33(13)42/h3-7,10-11,16,20,29,36,42-43H,8-9H2,1-2H3,(H2,27,30)(H,28,37)(H,31,38)(H,40,41)/b32-19-/t16-,20?/m1/s1. The number of hydrogen-bond donors (Lipinski definition) is 8. The number of nitrogens with zero attached hydrogens (tertiary/aromatic N) is 4. The number of hydrogen-bond acceptors (Lipinski definition) is 16. The van der Waals surface area contributed by atoms with Crippen molar-refractivity contribution >= 4 is 70.0 Å². The lowest BCUT2D eigenvalue weighted by atomic mass is 9.98. The molecule has 1 unspecified atom stereocenters. The molecule has 0 bridgehead atoms. The number of carbonyl (C=O) groups excluding carboxylic acids is 3. The van der Waals surface area contributed by atoms with Gasteiger partial charge in [0.05, 0.1) is 24.5 Å². The number of nitrogens with two attached hydrogens (primary N) is 1. The maximum absolute atomic E-state index is 13.2. The van der Waals surface area contributed by atoms with Gasteiger partial charge in [-0.2, -0.15) is 4.73 Å². The zero-order valence-corrected chi connectivity index (χ0v) is 26.9. The van der Waals surface area contributed by atoms with E-state index in [0.717, 1.165) is 39.9 Å². The monoisotopic (exact) mass is 708 g/mol. The van der Waals surface area contributed by atoms with Crippen molar-refractivity contribution in [1.29, 1.82) is 0 Å². The first-order chi connectivity index (χ1) is 22.2. The lowest BCUT2D eigenvalue weighted by Gasteiger charge is -2.44. The number of carboxylic acid groups (broad SMARTS) is 1. The molecule has 1 aromatic carbocycles. The number of β-lactam (4-membered cyclic amide) rings is 1. The van der Waals surface area contributed by atoms with E-state index in [4.69, 9.17) is 10.6 Å². The maximum Gasteiger partial charge on any atom is 0.350 e. The van der Waals surface area contributed by atoms with Crippen LogP contribution >= 0.6 is 35.5 Å². The fraction of sp³-hybridized carbons (Fsp3) is 0.269. The van der Waals surface area contributed by atoms with Gasteiger partial charge in [-0.05, 0) is 44.0 Å². The Morgan fingerprint density at radius 3 is 2.64 bits per heavy atom. The van der Waals surface area contributed by atoms with Gasteiger partial charge >= 0.3 is 5.97 Å². The van der Waals surface area contributed by atoms with Gasteiger partial charge in [0.2, 0.25) is 11.0 Å². The third-order valence-electron chi connectivity index (χ3n) is 6.50. The van der Waals surface area contributed by atoms with Crippen LogP contribution in [0.25, 0.3) is 0 Å². The number of carbonyl (C=O) groups is 4. The van der Waals surface area contributed by atoms with Gasteiger partial charge < -0.3 is 41.2 Å². The molecule has 2 atom stereocenters. The number of carboxylic acids is 1. The van der Waals surface area contributed by atoms with Crippen LogP contribution in [0.15, 0.2) is 56.8 Å². The smallest absolute Gasteiger partial charge is 0.350 e. The lowest BCUT2D eigenvalue weighted by Crippen LogP contribution is -2.71. The van der Waals surface area contributed by atoms with E-state index >= 15 is 0 Å². The number of amides is 3. The van der Waals surface area contributed by atoms with E-state index in [-0.39, 0.29) is 47.4 Å². The van der Waals surface area contributed by atoms with Gasteiger partial charge in [0.1, 0.15) is 24.0 Å². The van der Waals surface area contributed by atoms with Crippen molar-refractivity contribution in [2.24, 2.45) is 5.16 Å². The van der Waals surface area contributed by atoms with Gasteiger partial charge in [0.25, 0.3) is 17.7 Å². The first kappa shape index (κ1) is 35.0. The highest BCUT2D eigenvalue weighted by Gasteiger charge is 2.49. The highest BCUT2D eigenvalue weighted by molar-refractivity contribution is 7.97. The number of aliphatic carboxylic acids is 1. The molecule has 3 heterocycles. The Balaban J connectivity index is 1.40. The van der Waals surface area contributed by atoms with Gasteiger partial charge in [0, 0.05) is 28.5 Å². The van der Waals surface area contributed by atoms with E-state index in [9.17, 15) is 43.9 Å². The van der Waals surface area contributed by atoms with E-state index in [0.29, 0.717) is 9.63 Å². The van der Waals surface area contributed by atoms with E-state index in [1.165, 1.54) is 25.3 Å². The second-order valence-electron chi connectivity index (χ2n) is 10.2. The van der Waals surface area contributed by atoms with Crippen molar-refractivity contribution in [3.63, 3.8) is 0 Å². The highest BCUT2D eigenvalue weighted by Crippen LogP contribution is 2.27. The quantitative estimate of drug-likeness (QED) is 0.0282. The largest absolute Gasteiger partial charge is 0.503 e. The number of aromatic nitrogens is 2. The SMILES string of the molecule is CC(C)(O/N=C(\C(=O)NC1C(=O)N(SO)[C@@H]1CNC(=O)c1cccc(SNCc2cc(=O)c(O)cn2O)c1)c1csc(N)n1)C(=O)O. The second kappa shape index (κ2) is 14.7. The number of pyridine rings is 1. The summed E-state index contributed by atoms with van der Waals surface area (Å²) < 4.78 is 14.1. The summed E-state index contributed by atoms with van der Waals surface area (Å²) in [6.45, 7) is 2.28. The molecule has 0 radical (unpaired) electrons. The van der Waals surface area contributed by atoms with Crippen LogP contribution in [-0.2, 0) is 25.8 Å². The van der Waals surface area contributed by atoms with Crippen LogP contribution in [0.1, 0.15) is 35.6 Å². The van der Waals surface area contributed by atoms with Crippen molar-refractivity contribution < 1.29 is 44.0 Å². The van der Waals surface area contributed by atoms with Gasteiger partial charge in [-0.15, -0.1) is 11.3 Å². The van der Waals surface area contributed by atoms with Gasteiger partial charge in [-0.3, -0.25) is 28.2 Å². The molecule has 1 fully saturated rings. The molecular weight excluding hydrogens is 681 g/mol. The zero-order valence-electron chi connectivity index (χ0n) is 24.4. The molecule has 1 aliphatic rings. The summed E-state index contributed by atoms with van der Waals surface area (Å²) >= 11 is 2.20. The number of anilines is 1. The Kier molecular flexibility index (Phi) is 11.0. The van der Waals surface area contributed by atoms with Crippen LogP contribution < -0.4 is 26.5 Å². The third-order valence-corrected chi connectivity index (χ3v) is 8.58. The average Bonchev–Trinajstić information content (AvgIpc) is 3.45. The molecule has 0 aliphatic carbocycles. The molecular formula is C26H28N8O10S3. The minimum absolute atomic E-state index is 0.0304. The molecule has 47 heavy (non-hydrogen) atoms. The molecule has 3 aromatic rings. The van der Waals surface area contributed by atoms with Crippen LogP contribution in [0.3, 0.4) is 0 Å². The summed E-state index contributed by atoms with van der Waals surface area (Å²) in [6, 6.07) is 5.37. The molecule has 2 aromatic heterocycles. The molecule has 250 valence electrons. The first-order valence-corrected chi connectivity index (χ1v) is 15.7. The van der Waals surface area contributed by atoms with Crippen molar-refractivity contribution in [3.05, 3.63) is 69.1 Å². The average molecular weight is 709 g/mol. The van der Waals surface area contributed by atoms with Crippen LogP contribution in [0.4, 0.5) is 5.13 Å².